The van der Waals surface area contributed by atoms with Crippen LogP contribution in [0.4, 0.5) is 0 Å². The number of carbonyl (C=O) groups excluding carboxylic acids is 2. The highest BCUT2D eigenvalue weighted by Crippen LogP contribution is 2.01. The lowest BCUT2D eigenvalue weighted by Crippen LogP contribution is -2.29. The van der Waals surface area contributed by atoms with Gasteiger partial charge in [0, 0.05) is 26.4 Å². The average molecular weight is 172 g/mol. The second-order valence-corrected chi connectivity index (χ2v) is 3.03. The standard InChI is InChI=1S/C8H16N2O2/c1-6(8(9)12)4-5-10(3)7(2)11/h6H,4-5H2,1-3H3,(H2,9,12). The maximum Gasteiger partial charge on any atom is 0.220 e. The van der Waals surface area contributed by atoms with Gasteiger partial charge in [-0.25, -0.2) is 0 Å². The summed E-state index contributed by atoms with van der Waals surface area (Å²) in [6.45, 7) is 3.84. The van der Waals surface area contributed by atoms with Gasteiger partial charge in [0.1, 0.15) is 0 Å². The molecule has 1 atom stereocenters. The second kappa shape index (κ2) is 4.74. The Kier molecular flexibility index (Phi) is 4.33. The fourth-order valence-corrected chi connectivity index (χ4v) is 0.687. The van der Waals surface area contributed by atoms with Crippen molar-refractivity contribution in [3.05, 3.63) is 0 Å². The summed E-state index contributed by atoms with van der Waals surface area (Å²) in [6, 6.07) is 0. The van der Waals surface area contributed by atoms with Crippen molar-refractivity contribution in [1.82, 2.24) is 4.90 Å². The summed E-state index contributed by atoms with van der Waals surface area (Å²) in [4.78, 5) is 22.9. The van der Waals surface area contributed by atoms with Gasteiger partial charge in [-0.05, 0) is 6.42 Å². The third kappa shape index (κ3) is 3.95. The number of hydrogen-bond acceptors (Lipinski definition) is 2. The number of hydrogen-bond donors (Lipinski definition) is 1. The van der Waals surface area contributed by atoms with Gasteiger partial charge in [0.2, 0.25) is 11.8 Å². The van der Waals surface area contributed by atoms with E-state index in [0.29, 0.717) is 13.0 Å². The summed E-state index contributed by atoms with van der Waals surface area (Å²) in [5.41, 5.74) is 5.06. The summed E-state index contributed by atoms with van der Waals surface area (Å²) in [7, 11) is 1.70. The van der Waals surface area contributed by atoms with Crippen LogP contribution in [0.15, 0.2) is 0 Å². The van der Waals surface area contributed by atoms with Crippen molar-refractivity contribution >= 4 is 11.8 Å². The first kappa shape index (κ1) is 10.9. The van der Waals surface area contributed by atoms with E-state index in [1.165, 1.54) is 6.92 Å². The van der Waals surface area contributed by atoms with Crippen LogP contribution in [0.5, 0.6) is 0 Å². The van der Waals surface area contributed by atoms with Gasteiger partial charge >= 0.3 is 0 Å². The van der Waals surface area contributed by atoms with E-state index >= 15 is 0 Å². The van der Waals surface area contributed by atoms with E-state index < -0.39 is 0 Å². The topological polar surface area (TPSA) is 63.4 Å². The van der Waals surface area contributed by atoms with Crippen LogP contribution in [0.25, 0.3) is 0 Å². The molecular formula is C8H16N2O2. The lowest BCUT2D eigenvalue weighted by atomic mass is 10.1. The molecule has 0 spiro atoms. The SMILES string of the molecule is CC(=O)N(C)CCC(C)C(N)=O. The van der Waals surface area contributed by atoms with Crippen LogP contribution >= 0.6 is 0 Å². The molecule has 0 heterocycles. The Balaban J connectivity index is 3.68. The van der Waals surface area contributed by atoms with Crippen LogP contribution in [0.1, 0.15) is 20.3 Å². The molecule has 0 aliphatic heterocycles. The van der Waals surface area contributed by atoms with Crippen LogP contribution in [-0.4, -0.2) is 30.3 Å². The predicted octanol–water partition coefficient (Wildman–Crippen LogP) is -0.0238. The van der Waals surface area contributed by atoms with E-state index in [0.717, 1.165) is 0 Å². The molecule has 0 aromatic carbocycles. The van der Waals surface area contributed by atoms with E-state index in [4.69, 9.17) is 5.73 Å². The van der Waals surface area contributed by atoms with Gasteiger partial charge in [0.05, 0.1) is 0 Å². The summed E-state index contributed by atoms with van der Waals surface area (Å²) in [6.07, 6.45) is 0.630. The molecule has 0 aromatic heterocycles. The molecule has 70 valence electrons. The zero-order valence-electron chi connectivity index (χ0n) is 7.83. The van der Waals surface area contributed by atoms with E-state index in [2.05, 4.69) is 0 Å². The van der Waals surface area contributed by atoms with Crippen molar-refractivity contribution < 1.29 is 9.59 Å². The molecular weight excluding hydrogens is 156 g/mol. The molecule has 0 radical (unpaired) electrons. The monoisotopic (exact) mass is 172 g/mol. The Hall–Kier alpha value is -1.06. The Bertz CT molecular complexity index is 160. The first-order valence-electron chi connectivity index (χ1n) is 3.96. The Labute approximate surface area is 72.7 Å². The number of rotatable bonds is 4. The molecule has 0 aromatic rings. The van der Waals surface area contributed by atoms with Gasteiger partial charge in [-0.15, -0.1) is 0 Å². The lowest BCUT2D eigenvalue weighted by molar-refractivity contribution is -0.128. The van der Waals surface area contributed by atoms with Crippen molar-refractivity contribution in [3.63, 3.8) is 0 Å². The number of nitrogens with zero attached hydrogens (tertiary/aromatic N) is 1. The zero-order chi connectivity index (χ0) is 9.72. The van der Waals surface area contributed by atoms with Crippen molar-refractivity contribution in [2.75, 3.05) is 13.6 Å². The molecule has 2 amide bonds. The number of nitrogens with two attached hydrogens (primary N) is 1. The molecule has 0 fully saturated rings. The Morgan fingerprint density at radius 2 is 2.00 bits per heavy atom. The fraction of sp³-hybridized carbons (Fsp3) is 0.750. The molecule has 0 saturated carbocycles. The van der Waals surface area contributed by atoms with E-state index in [1.807, 2.05) is 0 Å². The first-order chi connectivity index (χ1) is 5.45. The van der Waals surface area contributed by atoms with Crippen molar-refractivity contribution in [2.24, 2.45) is 11.7 Å². The van der Waals surface area contributed by atoms with Gasteiger partial charge in [-0.2, -0.15) is 0 Å². The van der Waals surface area contributed by atoms with E-state index in [1.54, 1.807) is 18.9 Å². The fourth-order valence-electron chi connectivity index (χ4n) is 0.687. The van der Waals surface area contributed by atoms with Crippen molar-refractivity contribution in [2.45, 2.75) is 20.3 Å². The minimum Gasteiger partial charge on any atom is -0.369 e. The van der Waals surface area contributed by atoms with E-state index in [9.17, 15) is 9.59 Å². The van der Waals surface area contributed by atoms with Gasteiger partial charge < -0.3 is 10.6 Å². The Morgan fingerprint density at radius 1 is 1.50 bits per heavy atom. The molecule has 1 unspecified atom stereocenters. The van der Waals surface area contributed by atoms with Gasteiger partial charge in [-0.3, -0.25) is 9.59 Å². The molecule has 12 heavy (non-hydrogen) atoms. The third-order valence-corrected chi connectivity index (χ3v) is 1.92. The van der Waals surface area contributed by atoms with Gasteiger partial charge in [0.15, 0.2) is 0 Å². The minimum atomic E-state index is -0.313. The number of amides is 2. The molecule has 4 heteroatoms. The highest BCUT2D eigenvalue weighted by molar-refractivity contribution is 5.76. The van der Waals surface area contributed by atoms with Gasteiger partial charge in [-0.1, -0.05) is 6.92 Å². The highest BCUT2D eigenvalue weighted by atomic mass is 16.2. The highest BCUT2D eigenvalue weighted by Gasteiger charge is 2.10. The maximum absolute atomic E-state index is 10.7. The van der Waals surface area contributed by atoms with E-state index in [-0.39, 0.29) is 17.7 Å². The summed E-state index contributed by atoms with van der Waals surface area (Å²) in [5.74, 6) is -0.467. The molecule has 0 bridgehead atoms. The van der Waals surface area contributed by atoms with Crippen LogP contribution < -0.4 is 5.73 Å². The lowest BCUT2D eigenvalue weighted by Gasteiger charge is -2.16. The summed E-state index contributed by atoms with van der Waals surface area (Å²) < 4.78 is 0. The summed E-state index contributed by atoms with van der Waals surface area (Å²) >= 11 is 0. The molecule has 0 aliphatic carbocycles. The van der Waals surface area contributed by atoms with Crippen LogP contribution in [0.2, 0.25) is 0 Å². The first-order valence-corrected chi connectivity index (χ1v) is 3.96. The predicted molar refractivity (Wildman–Crippen MR) is 46.3 cm³/mol. The number of carbonyl (C=O) groups is 2. The van der Waals surface area contributed by atoms with Crippen LogP contribution in [0, 0.1) is 5.92 Å². The molecule has 4 nitrogen and oxygen atoms in total. The average Bonchev–Trinajstić information content (AvgIpc) is 1.98. The normalized spacial score (nSPS) is 12.2. The minimum absolute atomic E-state index is 0.00618. The van der Waals surface area contributed by atoms with Gasteiger partial charge in [0.25, 0.3) is 0 Å². The quantitative estimate of drug-likeness (QED) is 0.647. The second-order valence-electron chi connectivity index (χ2n) is 3.03. The summed E-state index contributed by atoms with van der Waals surface area (Å²) in [5, 5.41) is 0. The van der Waals surface area contributed by atoms with Crippen molar-refractivity contribution in [1.29, 1.82) is 0 Å². The van der Waals surface area contributed by atoms with Crippen molar-refractivity contribution in [3.8, 4) is 0 Å². The maximum atomic E-state index is 10.7. The molecule has 0 aliphatic rings. The van der Waals surface area contributed by atoms with Crippen LogP contribution in [0.3, 0.4) is 0 Å². The molecule has 0 rings (SSSR count). The Morgan fingerprint density at radius 3 is 2.33 bits per heavy atom. The molecule has 2 N–H and O–H groups in total. The number of primary amides is 1. The largest absolute Gasteiger partial charge is 0.369 e. The molecule has 0 saturated heterocycles. The zero-order valence-corrected chi connectivity index (χ0v) is 7.83. The van der Waals surface area contributed by atoms with Crippen LogP contribution in [-0.2, 0) is 9.59 Å². The third-order valence-electron chi connectivity index (χ3n) is 1.92. The smallest absolute Gasteiger partial charge is 0.220 e.